The van der Waals surface area contributed by atoms with Crippen LogP contribution in [0.4, 0.5) is 0 Å². The Labute approximate surface area is 97.3 Å². The van der Waals surface area contributed by atoms with Crippen LogP contribution in [0.1, 0.15) is 38.7 Å². The molecule has 1 unspecified atom stereocenters. The normalized spacial score (nSPS) is 25.1. The smallest absolute Gasteiger partial charge is 0.223 e. The number of hydrogen-bond donors (Lipinski definition) is 0. The molecule has 0 bridgehead atoms. The lowest BCUT2D eigenvalue weighted by Crippen LogP contribution is -2.42. The summed E-state index contributed by atoms with van der Waals surface area (Å²) in [5.74, 6) is 0.299. The molecule has 0 aliphatic carbocycles. The van der Waals surface area contributed by atoms with Gasteiger partial charge in [-0.15, -0.1) is 0 Å². The van der Waals surface area contributed by atoms with Crippen LogP contribution in [0, 0.1) is 0 Å². The average Bonchev–Trinajstić information content (AvgIpc) is 2.60. The molecule has 1 fully saturated rings. The number of nitrogens with zero attached hydrogens (tertiary/aromatic N) is 1. The topological polar surface area (TPSA) is 20.3 Å². The minimum absolute atomic E-state index is 0.0624. The first-order chi connectivity index (χ1) is 7.65. The summed E-state index contributed by atoms with van der Waals surface area (Å²) in [5, 5.41) is 0. The third kappa shape index (κ3) is 1.97. The highest BCUT2D eigenvalue weighted by Crippen LogP contribution is 2.33. The van der Waals surface area contributed by atoms with Gasteiger partial charge in [-0.25, -0.2) is 0 Å². The van der Waals surface area contributed by atoms with E-state index in [4.69, 9.17) is 0 Å². The van der Waals surface area contributed by atoms with Gasteiger partial charge in [0.1, 0.15) is 0 Å². The number of rotatable bonds is 3. The maximum Gasteiger partial charge on any atom is 0.223 e. The summed E-state index contributed by atoms with van der Waals surface area (Å²) in [6.45, 7) is 5.11. The van der Waals surface area contributed by atoms with Crippen molar-refractivity contribution in [2.45, 2.75) is 45.2 Å². The van der Waals surface area contributed by atoms with Gasteiger partial charge in [0.05, 0.1) is 0 Å². The maximum atomic E-state index is 11.9. The molecule has 2 rings (SSSR count). The summed E-state index contributed by atoms with van der Waals surface area (Å²) in [4.78, 5) is 13.9. The fourth-order valence-electron chi connectivity index (χ4n) is 2.36. The van der Waals surface area contributed by atoms with Crippen molar-refractivity contribution in [3.05, 3.63) is 35.9 Å². The molecule has 0 spiro atoms. The zero-order chi connectivity index (χ0) is 11.6. The molecule has 86 valence electrons. The molecule has 16 heavy (non-hydrogen) atoms. The molecule has 1 atom stereocenters. The number of hydrogen-bond acceptors (Lipinski definition) is 1. The molecule has 0 radical (unpaired) electrons. The van der Waals surface area contributed by atoms with Gasteiger partial charge in [-0.05, 0) is 25.3 Å². The fraction of sp³-hybridized carbons (Fsp3) is 0.500. The molecular formula is C14H19NO. The minimum Gasteiger partial charge on any atom is -0.333 e. The first kappa shape index (κ1) is 11.2. The van der Waals surface area contributed by atoms with Crippen molar-refractivity contribution >= 4 is 5.91 Å². The molecule has 1 aliphatic rings. The average molecular weight is 217 g/mol. The third-order valence-corrected chi connectivity index (χ3v) is 3.78. The quantitative estimate of drug-likeness (QED) is 0.762. The largest absolute Gasteiger partial charge is 0.333 e. The number of carbonyl (C=O) groups is 1. The van der Waals surface area contributed by atoms with Gasteiger partial charge in [0.2, 0.25) is 5.91 Å². The van der Waals surface area contributed by atoms with Gasteiger partial charge in [-0.1, -0.05) is 37.3 Å². The van der Waals surface area contributed by atoms with E-state index in [9.17, 15) is 4.79 Å². The lowest BCUT2D eigenvalue weighted by atomic mass is 9.95. The second-order valence-electron chi connectivity index (χ2n) is 4.82. The molecule has 2 nitrogen and oxygen atoms in total. The Morgan fingerprint density at radius 3 is 2.62 bits per heavy atom. The van der Waals surface area contributed by atoms with Crippen molar-refractivity contribution in [1.82, 2.24) is 4.90 Å². The van der Waals surface area contributed by atoms with Gasteiger partial charge in [0, 0.05) is 18.5 Å². The van der Waals surface area contributed by atoms with Crippen molar-refractivity contribution in [1.29, 1.82) is 0 Å². The van der Waals surface area contributed by atoms with Crippen LogP contribution in [0.5, 0.6) is 0 Å². The fourth-order valence-corrected chi connectivity index (χ4v) is 2.36. The van der Waals surface area contributed by atoms with Gasteiger partial charge < -0.3 is 4.90 Å². The summed E-state index contributed by atoms with van der Waals surface area (Å²) in [6.07, 6.45) is 2.73. The van der Waals surface area contributed by atoms with Crippen LogP contribution < -0.4 is 0 Å². The second-order valence-corrected chi connectivity index (χ2v) is 4.82. The summed E-state index contributed by atoms with van der Waals surface area (Å²) in [6, 6.07) is 10.2. The molecular weight excluding hydrogens is 198 g/mol. The number of likely N-dealkylation sites (tertiary alicyclic amines) is 1. The van der Waals surface area contributed by atoms with Crippen LogP contribution in [0.2, 0.25) is 0 Å². The van der Waals surface area contributed by atoms with Crippen LogP contribution in [0.15, 0.2) is 30.3 Å². The Kier molecular flexibility index (Phi) is 2.99. The maximum absolute atomic E-state index is 11.9. The first-order valence-corrected chi connectivity index (χ1v) is 6.00. The number of benzene rings is 1. The van der Waals surface area contributed by atoms with Gasteiger partial charge in [0.15, 0.2) is 0 Å². The Bertz CT molecular complexity index is 374. The molecule has 1 heterocycles. The van der Waals surface area contributed by atoms with Crippen molar-refractivity contribution in [3.8, 4) is 0 Å². The van der Waals surface area contributed by atoms with Crippen LogP contribution >= 0.6 is 0 Å². The van der Waals surface area contributed by atoms with E-state index in [-0.39, 0.29) is 5.54 Å². The van der Waals surface area contributed by atoms with Crippen LogP contribution in [-0.2, 0) is 11.3 Å². The molecule has 1 aromatic carbocycles. The van der Waals surface area contributed by atoms with E-state index < -0.39 is 0 Å². The van der Waals surface area contributed by atoms with Crippen molar-refractivity contribution < 1.29 is 4.79 Å². The Morgan fingerprint density at radius 2 is 2.00 bits per heavy atom. The van der Waals surface area contributed by atoms with Gasteiger partial charge >= 0.3 is 0 Å². The molecule has 1 amide bonds. The van der Waals surface area contributed by atoms with E-state index in [0.29, 0.717) is 12.3 Å². The monoisotopic (exact) mass is 217 g/mol. The van der Waals surface area contributed by atoms with Crippen molar-refractivity contribution in [2.75, 3.05) is 0 Å². The zero-order valence-electron chi connectivity index (χ0n) is 10.1. The van der Waals surface area contributed by atoms with E-state index in [1.807, 2.05) is 23.1 Å². The lowest BCUT2D eigenvalue weighted by Gasteiger charge is -2.34. The summed E-state index contributed by atoms with van der Waals surface area (Å²) in [5.41, 5.74) is 1.28. The van der Waals surface area contributed by atoms with Crippen LogP contribution in [-0.4, -0.2) is 16.3 Å². The highest BCUT2D eigenvalue weighted by Gasteiger charge is 2.39. The summed E-state index contributed by atoms with van der Waals surface area (Å²) < 4.78 is 0. The summed E-state index contributed by atoms with van der Waals surface area (Å²) in [7, 11) is 0. The Balaban J connectivity index is 2.17. The molecule has 1 aliphatic heterocycles. The molecule has 0 saturated carbocycles. The SMILES string of the molecule is CCC1(C)CCC(=O)N1Cc1ccccc1. The van der Waals surface area contributed by atoms with Gasteiger partial charge in [-0.2, -0.15) is 0 Å². The standard InChI is InChI=1S/C14H19NO/c1-3-14(2)10-9-13(16)15(14)11-12-7-5-4-6-8-12/h4-8H,3,9-11H2,1-2H3. The molecule has 0 aromatic heterocycles. The van der Waals surface area contributed by atoms with Gasteiger partial charge in [-0.3, -0.25) is 4.79 Å². The van der Waals surface area contributed by atoms with Crippen molar-refractivity contribution in [2.24, 2.45) is 0 Å². The second kappa shape index (κ2) is 4.28. The summed E-state index contributed by atoms with van der Waals surface area (Å²) >= 11 is 0. The Morgan fingerprint density at radius 1 is 1.31 bits per heavy atom. The predicted octanol–water partition coefficient (Wildman–Crippen LogP) is 2.98. The predicted molar refractivity (Wildman–Crippen MR) is 64.9 cm³/mol. The molecule has 1 saturated heterocycles. The van der Waals surface area contributed by atoms with Gasteiger partial charge in [0.25, 0.3) is 0 Å². The van der Waals surface area contributed by atoms with E-state index in [1.54, 1.807) is 0 Å². The van der Waals surface area contributed by atoms with E-state index in [1.165, 1.54) is 5.56 Å². The first-order valence-electron chi connectivity index (χ1n) is 6.00. The third-order valence-electron chi connectivity index (χ3n) is 3.78. The van der Waals surface area contributed by atoms with Crippen LogP contribution in [0.3, 0.4) is 0 Å². The van der Waals surface area contributed by atoms with E-state index >= 15 is 0 Å². The number of amides is 1. The van der Waals surface area contributed by atoms with Crippen LogP contribution in [0.25, 0.3) is 0 Å². The van der Waals surface area contributed by atoms with E-state index in [2.05, 4.69) is 26.0 Å². The molecule has 2 heteroatoms. The molecule has 1 aromatic rings. The van der Waals surface area contributed by atoms with E-state index in [0.717, 1.165) is 19.4 Å². The van der Waals surface area contributed by atoms with Crippen molar-refractivity contribution in [3.63, 3.8) is 0 Å². The zero-order valence-corrected chi connectivity index (χ0v) is 10.1. The molecule has 0 N–H and O–H groups in total. The highest BCUT2D eigenvalue weighted by atomic mass is 16.2. The minimum atomic E-state index is 0.0624. The highest BCUT2D eigenvalue weighted by molar-refractivity contribution is 5.79. The lowest BCUT2D eigenvalue weighted by molar-refractivity contribution is -0.131. The number of carbonyl (C=O) groups excluding carboxylic acids is 1. The Hall–Kier alpha value is -1.31.